The van der Waals surface area contributed by atoms with E-state index in [1.54, 1.807) is 13.8 Å². The number of esters is 1. The number of amides is 1. The van der Waals surface area contributed by atoms with Crippen LogP contribution in [0, 0.1) is 6.92 Å². The van der Waals surface area contributed by atoms with E-state index in [9.17, 15) is 27.9 Å². The van der Waals surface area contributed by atoms with Crippen LogP contribution in [0.4, 0.5) is 5.69 Å². The van der Waals surface area contributed by atoms with Crippen LogP contribution in [-0.4, -0.2) is 50.0 Å². The van der Waals surface area contributed by atoms with Crippen molar-refractivity contribution in [2.24, 2.45) is 0 Å². The van der Waals surface area contributed by atoms with E-state index in [1.165, 1.54) is 31.3 Å². The van der Waals surface area contributed by atoms with Gasteiger partial charge in [0, 0.05) is 16.9 Å². The fourth-order valence-corrected chi connectivity index (χ4v) is 4.06. The van der Waals surface area contributed by atoms with Crippen LogP contribution in [0.1, 0.15) is 39.8 Å². The Morgan fingerprint density at radius 2 is 2.00 bits per heavy atom. The first kappa shape index (κ1) is 22.2. The number of hydrogen-bond donors (Lipinski definition) is 4. The molecule has 1 aliphatic heterocycles. The van der Waals surface area contributed by atoms with Gasteiger partial charge in [-0.3, -0.25) is 9.59 Å². The zero-order valence-corrected chi connectivity index (χ0v) is 17.8. The van der Waals surface area contributed by atoms with Gasteiger partial charge in [0.15, 0.2) is 0 Å². The number of carboxylic acid groups (broad SMARTS) is 1. The zero-order valence-electron chi connectivity index (χ0n) is 17.0. The van der Waals surface area contributed by atoms with Gasteiger partial charge >= 0.3 is 11.9 Å². The normalized spacial score (nSPS) is 14.4. The number of benzene rings is 1. The lowest BCUT2D eigenvalue weighted by Gasteiger charge is -2.05. The average Bonchev–Trinajstić information content (AvgIpc) is 3.18. The Kier molecular flexibility index (Phi) is 6.00. The first-order chi connectivity index (χ1) is 14.6. The van der Waals surface area contributed by atoms with Crippen LogP contribution < -0.4 is 10.0 Å². The highest BCUT2D eigenvalue weighted by Gasteiger charge is 2.28. The molecule has 1 amide bonds. The second kappa shape index (κ2) is 8.36. The van der Waals surface area contributed by atoms with Crippen molar-refractivity contribution in [2.45, 2.75) is 25.2 Å². The summed E-state index contributed by atoms with van der Waals surface area (Å²) in [6.07, 6.45) is 1.02. The monoisotopic (exact) mass is 447 g/mol. The van der Waals surface area contributed by atoms with Gasteiger partial charge in [-0.1, -0.05) is 0 Å². The fraction of sp³-hybridized carbons (Fsp3) is 0.250. The molecule has 0 radical (unpaired) electrons. The molecule has 2 heterocycles. The number of aliphatic carboxylic acids is 1. The third kappa shape index (κ3) is 4.23. The molecule has 0 saturated heterocycles. The molecular formula is C20H21N3O7S. The van der Waals surface area contributed by atoms with Gasteiger partial charge in [-0.25, -0.2) is 17.9 Å². The summed E-state index contributed by atoms with van der Waals surface area (Å²) in [4.78, 5) is 39.0. The quantitative estimate of drug-likeness (QED) is 0.370. The molecule has 1 aromatic heterocycles. The molecule has 0 saturated carbocycles. The summed E-state index contributed by atoms with van der Waals surface area (Å²) in [5, 5.41) is 11.9. The van der Waals surface area contributed by atoms with Crippen molar-refractivity contribution in [3.63, 3.8) is 0 Å². The van der Waals surface area contributed by atoms with Gasteiger partial charge < -0.3 is 20.1 Å². The van der Waals surface area contributed by atoms with Crippen molar-refractivity contribution >= 4 is 45.2 Å². The number of fused-ring (bicyclic) bond motifs is 1. The molecule has 11 heteroatoms. The molecule has 0 aliphatic carbocycles. The number of anilines is 1. The molecule has 10 nitrogen and oxygen atoms in total. The number of carbonyl (C=O) groups is 3. The molecule has 164 valence electrons. The number of ether oxygens (including phenoxy) is 1. The highest BCUT2D eigenvalue weighted by Crippen LogP contribution is 2.35. The molecule has 0 unspecified atom stereocenters. The second-order valence-corrected chi connectivity index (χ2v) is 8.62. The number of aromatic amines is 1. The molecule has 1 aliphatic rings. The van der Waals surface area contributed by atoms with Crippen LogP contribution in [0.25, 0.3) is 11.6 Å². The van der Waals surface area contributed by atoms with Gasteiger partial charge in [0.25, 0.3) is 5.91 Å². The summed E-state index contributed by atoms with van der Waals surface area (Å²) < 4.78 is 31.5. The van der Waals surface area contributed by atoms with Crippen LogP contribution in [0.15, 0.2) is 23.1 Å². The molecule has 3 rings (SSSR count). The number of sulfonamides is 1. The van der Waals surface area contributed by atoms with Crippen LogP contribution in [-0.2, 0) is 30.8 Å². The molecule has 2 aromatic rings. The van der Waals surface area contributed by atoms with Crippen LogP contribution in [0.5, 0.6) is 0 Å². The van der Waals surface area contributed by atoms with Crippen molar-refractivity contribution in [3.8, 4) is 0 Å². The Labute approximate surface area is 178 Å². The molecule has 0 fully saturated rings. The molecule has 0 bridgehead atoms. The van der Waals surface area contributed by atoms with E-state index in [0.29, 0.717) is 22.4 Å². The first-order valence-corrected chi connectivity index (χ1v) is 10.8. The van der Waals surface area contributed by atoms with Crippen molar-refractivity contribution in [2.75, 3.05) is 19.0 Å². The van der Waals surface area contributed by atoms with E-state index in [4.69, 9.17) is 4.74 Å². The topological polar surface area (TPSA) is 155 Å². The van der Waals surface area contributed by atoms with Gasteiger partial charge in [0.1, 0.15) is 5.69 Å². The number of hydrogen-bond acceptors (Lipinski definition) is 6. The summed E-state index contributed by atoms with van der Waals surface area (Å²) in [7, 11) is -2.46. The predicted molar refractivity (Wildman–Crippen MR) is 112 cm³/mol. The van der Waals surface area contributed by atoms with Crippen molar-refractivity contribution in [1.29, 1.82) is 0 Å². The third-order valence-corrected chi connectivity index (χ3v) is 6.27. The summed E-state index contributed by atoms with van der Waals surface area (Å²) in [5.41, 5.74) is 1.96. The van der Waals surface area contributed by atoms with Crippen LogP contribution >= 0.6 is 0 Å². The molecule has 31 heavy (non-hydrogen) atoms. The maximum absolute atomic E-state index is 12.6. The maximum Gasteiger partial charge on any atom is 0.355 e. The number of aromatic nitrogens is 1. The van der Waals surface area contributed by atoms with Crippen molar-refractivity contribution in [1.82, 2.24) is 9.71 Å². The molecule has 4 N–H and O–H groups in total. The zero-order chi connectivity index (χ0) is 22.9. The summed E-state index contributed by atoms with van der Waals surface area (Å²) >= 11 is 0. The van der Waals surface area contributed by atoms with Gasteiger partial charge in [-0.15, -0.1) is 0 Å². The summed E-state index contributed by atoms with van der Waals surface area (Å²) in [6, 6.07) is 4.19. The second-order valence-electron chi connectivity index (χ2n) is 6.74. The fourth-order valence-electron chi connectivity index (χ4n) is 3.31. The Hall–Kier alpha value is -3.44. The number of nitrogens with one attached hydrogen (secondary N) is 3. The van der Waals surface area contributed by atoms with E-state index < -0.39 is 27.9 Å². The lowest BCUT2D eigenvalue weighted by atomic mass is 10.0. The Bertz CT molecular complexity index is 1230. The number of carbonyl (C=O) groups excluding carboxylic acids is 2. The van der Waals surface area contributed by atoms with Crippen molar-refractivity contribution < 1.29 is 32.6 Å². The van der Waals surface area contributed by atoms with Crippen LogP contribution in [0.2, 0.25) is 0 Å². The van der Waals surface area contributed by atoms with Gasteiger partial charge in [-0.2, -0.15) is 0 Å². The lowest BCUT2D eigenvalue weighted by Crippen LogP contribution is -2.18. The molecular weight excluding hydrogens is 426 g/mol. The first-order valence-electron chi connectivity index (χ1n) is 9.30. The SMILES string of the molecule is CCOC(=O)c1[nH]c(/C=C2\C(=O)Nc3ccc(S(=O)(=O)NC)cc32)c(CC(=O)O)c1C. The van der Waals surface area contributed by atoms with Gasteiger partial charge in [0.05, 0.1) is 23.5 Å². The number of H-pyrrole nitrogens is 1. The molecule has 0 atom stereocenters. The highest BCUT2D eigenvalue weighted by molar-refractivity contribution is 7.89. The minimum atomic E-state index is -3.74. The summed E-state index contributed by atoms with van der Waals surface area (Å²) in [6.45, 7) is 3.37. The van der Waals surface area contributed by atoms with E-state index in [1.807, 2.05) is 0 Å². The highest BCUT2D eigenvalue weighted by atomic mass is 32.2. The van der Waals surface area contributed by atoms with Crippen LogP contribution in [0.3, 0.4) is 0 Å². The number of rotatable bonds is 7. The predicted octanol–water partition coefficient (Wildman–Crippen LogP) is 1.53. The lowest BCUT2D eigenvalue weighted by molar-refractivity contribution is -0.136. The van der Waals surface area contributed by atoms with E-state index >= 15 is 0 Å². The molecule has 1 aromatic carbocycles. The molecule has 0 spiro atoms. The number of carboxylic acids is 1. The summed E-state index contributed by atoms with van der Waals surface area (Å²) in [5.74, 6) is -2.24. The minimum Gasteiger partial charge on any atom is -0.481 e. The third-order valence-electron chi connectivity index (χ3n) is 4.86. The van der Waals surface area contributed by atoms with E-state index in [-0.39, 0.29) is 34.9 Å². The largest absolute Gasteiger partial charge is 0.481 e. The maximum atomic E-state index is 12.6. The Morgan fingerprint density at radius 3 is 2.61 bits per heavy atom. The Balaban J connectivity index is 2.17. The average molecular weight is 447 g/mol. The van der Waals surface area contributed by atoms with Gasteiger partial charge in [0.2, 0.25) is 10.0 Å². The van der Waals surface area contributed by atoms with E-state index in [2.05, 4.69) is 15.0 Å². The van der Waals surface area contributed by atoms with Crippen molar-refractivity contribution in [3.05, 3.63) is 46.3 Å². The van der Waals surface area contributed by atoms with Gasteiger partial charge in [-0.05, 0) is 56.3 Å². The Morgan fingerprint density at radius 1 is 1.29 bits per heavy atom. The smallest absolute Gasteiger partial charge is 0.355 e. The van der Waals surface area contributed by atoms with E-state index in [0.717, 1.165) is 0 Å². The minimum absolute atomic E-state index is 0.0308. The standard InChI is InChI=1S/C20H21N3O7S/c1-4-30-20(27)18-10(2)12(9-17(24)25)16(22-18)8-14-13-7-11(31(28,29)21-3)5-6-15(13)23-19(14)26/h5-8,21-22H,4,9H2,1-3H3,(H,23,26)(H,24,25)/b14-8-.